The molecule has 0 aliphatic heterocycles. The van der Waals surface area contributed by atoms with Crippen molar-refractivity contribution in [3.63, 3.8) is 0 Å². The molecular formula is C13H11BrClNO2. The lowest BCUT2D eigenvalue weighted by atomic mass is 10.3. The summed E-state index contributed by atoms with van der Waals surface area (Å²) in [5.74, 6) is 0.607. The Kier molecular flexibility index (Phi) is 4.44. The van der Waals surface area contributed by atoms with Crippen molar-refractivity contribution in [2.24, 2.45) is 0 Å². The number of ether oxygens (including phenoxy) is 1. The second-order valence-electron chi connectivity index (χ2n) is 3.66. The summed E-state index contributed by atoms with van der Waals surface area (Å²) in [6.45, 7) is 0.878. The van der Waals surface area contributed by atoms with Gasteiger partial charge in [-0.3, -0.25) is 4.79 Å². The molecule has 0 bridgehead atoms. The van der Waals surface area contributed by atoms with Crippen LogP contribution in [0.15, 0.2) is 51.9 Å². The summed E-state index contributed by atoms with van der Waals surface area (Å²) < 4.78 is 8.05. The lowest BCUT2D eigenvalue weighted by Crippen LogP contribution is -2.21. The van der Waals surface area contributed by atoms with Gasteiger partial charge < -0.3 is 9.30 Å². The van der Waals surface area contributed by atoms with Gasteiger partial charge >= 0.3 is 0 Å². The largest absolute Gasteiger partial charge is 0.490 e. The maximum absolute atomic E-state index is 11.5. The molecule has 0 N–H and O–H groups in total. The summed E-state index contributed by atoms with van der Waals surface area (Å²) in [6, 6.07) is 10.5. The van der Waals surface area contributed by atoms with Gasteiger partial charge in [0.2, 0.25) is 0 Å². The predicted octanol–water partition coefficient (Wildman–Crippen LogP) is 3.34. The van der Waals surface area contributed by atoms with Crippen molar-refractivity contribution in [3.8, 4) is 5.75 Å². The first-order chi connectivity index (χ1) is 8.66. The molecule has 0 radical (unpaired) electrons. The summed E-state index contributed by atoms with van der Waals surface area (Å²) in [6.07, 6.45) is 1.73. The average molecular weight is 329 g/mol. The summed E-state index contributed by atoms with van der Waals surface area (Å²) >= 11 is 9.35. The van der Waals surface area contributed by atoms with E-state index >= 15 is 0 Å². The van der Waals surface area contributed by atoms with E-state index in [-0.39, 0.29) is 5.56 Å². The van der Waals surface area contributed by atoms with E-state index in [0.29, 0.717) is 23.9 Å². The van der Waals surface area contributed by atoms with Crippen LogP contribution < -0.4 is 10.3 Å². The minimum atomic E-state index is -0.0403. The molecule has 0 atom stereocenters. The number of rotatable bonds is 4. The maximum atomic E-state index is 11.5. The van der Waals surface area contributed by atoms with Gasteiger partial charge in [0.05, 0.1) is 11.6 Å². The Morgan fingerprint density at radius 3 is 2.89 bits per heavy atom. The normalized spacial score (nSPS) is 10.3. The van der Waals surface area contributed by atoms with E-state index in [1.54, 1.807) is 29.0 Å². The van der Waals surface area contributed by atoms with Crippen LogP contribution in [0.1, 0.15) is 0 Å². The smallest absolute Gasteiger partial charge is 0.250 e. The average Bonchev–Trinajstić information content (AvgIpc) is 2.36. The van der Waals surface area contributed by atoms with E-state index in [2.05, 4.69) is 15.9 Å². The number of aromatic nitrogens is 1. The van der Waals surface area contributed by atoms with E-state index in [0.717, 1.165) is 4.47 Å². The van der Waals surface area contributed by atoms with Gasteiger partial charge in [0.1, 0.15) is 12.4 Å². The molecule has 2 rings (SSSR count). The zero-order valence-electron chi connectivity index (χ0n) is 9.48. The van der Waals surface area contributed by atoms with Gasteiger partial charge in [0.25, 0.3) is 5.56 Å². The minimum Gasteiger partial charge on any atom is -0.490 e. The molecule has 0 aliphatic carbocycles. The summed E-state index contributed by atoms with van der Waals surface area (Å²) in [5, 5.41) is 0.554. The molecule has 0 saturated heterocycles. The van der Waals surface area contributed by atoms with Crippen LogP contribution in [-0.2, 0) is 6.54 Å². The monoisotopic (exact) mass is 327 g/mol. The summed E-state index contributed by atoms with van der Waals surface area (Å²) in [7, 11) is 0. The fraction of sp³-hybridized carbons (Fsp3) is 0.154. The number of halogens is 2. The molecule has 5 heteroatoms. The standard InChI is InChI=1S/C13H11BrClNO2/c14-10-4-5-11(15)12(9-10)18-8-7-16-6-2-1-3-13(16)17/h1-6,9H,7-8H2. The Bertz CT molecular complexity index is 598. The van der Waals surface area contributed by atoms with Gasteiger partial charge in [0.15, 0.2) is 0 Å². The van der Waals surface area contributed by atoms with Gasteiger partial charge in [-0.25, -0.2) is 0 Å². The molecule has 3 nitrogen and oxygen atoms in total. The van der Waals surface area contributed by atoms with Gasteiger partial charge in [-0.05, 0) is 24.3 Å². The van der Waals surface area contributed by atoms with Gasteiger partial charge in [-0.15, -0.1) is 0 Å². The van der Waals surface area contributed by atoms with E-state index < -0.39 is 0 Å². The second-order valence-corrected chi connectivity index (χ2v) is 4.98. The minimum absolute atomic E-state index is 0.0403. The lowest BCUT2D eigenvalue weighted by Gasteiger charge is -2.09. The first kappa shape index (κ1) is 13.2. The highest BCUT2D eigenvalue weighted by molar-refractivity contribution is 9.10. The Labute approximate surface area is 118 Å². The summed E-state index contributed by atoms with van der Waals surface area (Å²) in [5.41, 5.74) is -0.0403. The van der Waals surface area contributed by atoms with Crippen molar-refractivity contribution in [3.05, 3.63) is 62.4 Å². The molecule has 0 fully saturated rings. The van der Waals surface area contributed by atoms with Crippen LogP contribution in [0.4, 0.5) is 0 Å². The Balaban J connectivity index is 1.99. The molecule has 1 aromatic carbocycles. The SMILES string of the molecule is O=c1ccccn1CCOc1cc(Br)ccc1Cl. The molecule has 0 aliphatic rings. The van der Waals surface area contributed by atoms with Crippen molar-refractivity contribution in [1.29, 1.82) is 0 Å². The second kappa shape index (κ2) is 6.07. The molecule has 1 heterocycles. The van der Waals surface area contributed by atoms with Gasteiger partial charge in [0, 0.05) is 16.7 Å². The highest BCUT2D eigenvalue weighted by Crippen LogP contribution is 2.27. The van der Waals surface area contributed by atoms with E-state index in [1.165, 1.54) is 6.07 Å². The Morgan fingerprint density at radius 1 is 1.28 bits per heavy atom. The third-order valence-electron chi connectivity index (χ3n) is 2.38. The van der Waals surface area contributed by atoms with Crippen LogP contribution in [0, 0.1) is 0 Å². The first-order valence-electron chi connectivity index (χ1n) is 5.40. The van der Waals surface area contributed by atoms with E-state index in [4.69, 9.17) is 16.3 Å². The first-order valence-corrected chi connectivity index (χ1v) is 6.57. The molecule has 0 unspecified atom stereocenters. The summed E-state index contributed by atoms with van der Waals surface area (Å²) in [4.78, 5) is 11.5. The van der Waals surface area contributed by atoms with Gasteiger partial charge in [-0.1, -0.05) is 33.6 Å². The Morgan fingerprint density at radius 2 is 2.11 bits per heavy atom. The molecule has 94 valence electrons. The number of pyridine rings is 1. The molecular weight excluding hydrogens is 318 g/mol. The van der Waals surface area contributed by atoms with Crippen molar-refractivity contribution in [2.45, 2.75) is 6.54 Å². The van der Waals surface area contributed by atoms with E-state index in [9.17, 15) is 4.79 Å². The van der Waals surface area contributed by atoms with Crippen LogP contribution >= 0.6 is 27.5 Å². The fourth-order valence-electron chi connectivity index (χ4n) is 1.49. The van der Waals surface area contributed by atoms with Crippen molar-refractivity contribution >= 4 is 27.5 Å². The third kappa shape index (κ3) is 3.37. The number of nitrogens with zero attached hydrogens (tertiary/aromatic N) is 1. The highest BCUT2D eigenvalue weighted by Gasteiger charge is 2.02. The highest BCUT2D eigenvalue weighted by atomic mass is 79.9. The van der Waals surface area contributed by atoms with Crippen LogP contribution in [-0.4, -0.2) is 11.2 Å². The molecule has 0 saturated carbocycles. The number of hydrogen-bond acceptors (Lipinski definition) is 2. The van der Waals surface area contributed by atoms with Crippen molar-refractivity contribution in [1.82, 2.24) is 4.57 Å². The zero-order chi connectivity index (χ0) is 13.0. The fourth-order valence-corrected chi connectivity index (χ4v) is 2.00. The molecule has 0 spiro atoms. The Hall–Kier alpha value is -1.26. The molecule has 2 aromatic rings. The van der Waals surface area contributed by atoms with Crippen molar-refractivity contribution in [2.75, 3.05) is 6.61 Å². The van der Waals surface area contributed by atoms with Crippen LogP contribution in [0.5, 0.6) is 5.75 Å². The lowest BCUT2D eigenvalue weighted by molar-refractivity contribution is 0.296. The number of benzene rings is 1. The topological polar surface area (TPSA) is 31.2 Å². The van der Waals surface area contributed by atoms with Crippen LogP contribution in [0.3, 0.4) is 0 Å². The maximum Gasteiger partial charge on any atom is 0.250 e. The molecule has 1 aromatic heterocycles. The van der Waals surface area contributed by atoms with Crippen LogP contribution in [0.2, 0.25) is 5.02 Å². The zero-order valence-corrected chi connectivity index (χ0v) is 11.8. The molecule has 0 amide bonds. The van der Waals surface area contributed by atoms with Crippen LogP contribution in [0.25, 0.3) is 0 Å². The van der Waals surface area contributed by atoms with Crippen molar-refractivity contribution < 1.29 is 4.74 Å². The predicted molar refractivity (Wildman–Crippen MR) is 75.3 cm³/mol. The molecule has 18 heavy (non-hydrogen) atoms. The van der Waals surface area contributed by atoms with Gasteiger partial charge in [-0.2, -0.15) is 0 Å². The van der Waals surface area contributed by atoms with E-state index in [1.807, 2.05) is 12.1 Å². The third-order valence-corrected chi connectivity index (χ3v) is 3.19. The number of hydrogen-bond donors (Lipinski definition) is 0. The quantitative estimate of drug-likeness (QED) is 0.862.